The molecule has 2 N–H and O–H groups in total. The summed E-state index contributed by atoms with van der Waals surface area (Å²) in [6.07, 6.45) is 3.05. The summed E-state index contributed by atoms with van der Waals surface area (Å²) in [5, 5.41) is 7.83. The van der Waals surface area contributed by atoms with Gasteiger partial charge in [0.15, 0.2) is 5.96 Å². The number of aryl methyl sites for hydroxylation is 2. The third kappa shape index (κ3) is 8.96. The second kappa shape index (κ2) is 13.7. The molecule has 0 amide bonds. The highest BCUT2D eigenvalue weighted by Gasteiger charge is 2.15. The van der Waals surface area contributed by atoms with Crippen LogP contribution >= 0.6 is 35.3 Å². The monoisotopic (exact) mass is 496 g/mol. The summed E-state index contributed by atoms with van der Waals surface area (Å²) < 4.78 is 11.1. The molecule has 0 aromatic carbocycles. The van der Waals surface area contributed by atoms with Crippen LogP contribution in [-0.2, 0) is 15.9 Å². The fourth-order valence-electron chi connectivity index (χ4n) is 2.76. The van der Waals surface area contributed by atoms with Crippen LogP contribution in [0.2, 0.25) is 0 Å². The molecule has 2 rings (SSSR count). The number of hydrogen-bond donors (Lipinski definition) is 2. The lowest BCUT2D eigenvalue weighted by Crippen LogP contribution is -2.38. The Morgan fingerprint density at radius 1 is 1.38 bits per heavy atom. The normalized spacial score (nSPS) is 17.2. The van der Waals surface area contributed by atoms with E-state index in [0.29, 0.717) is 5.92 Å². The van der Waals surface area contributed by atoms with Gasteiger partial charge in [0, 0.05) is 50.1 Å². The number of ether oxygens (including phenoxy) is 2. The summed E-state index contributed by atoms with van der Waals surface area (Å²) in [7, 11) is 0. The van der Waals surface area contributed by atoms with Crippen LogP contribution < -0.4 is 10.6 Å². The molecular weight excluding hydrogens is 463 g/mol. The van der Waals surface area contributed by atoms with Crippen LogP contribution in [0, 0.1) is 19.8 Å². The number of aliphatic imine (C=N–C) groups is 1. The molecule has 1 atom stereocenters. The van der Waals surface area contributed by atoms with E-state index in [2.05, 4.69) is 41.4 Å². The van der Waals surface area contributed by atoms with Crippen molar-refractivity contribution in [3.8, 4) is 0 Å². The highest BCUT2D eigenvalue weighted by molar-refractivity contribution is 14.0. The maximum Gasteiger partial charge on any atom is 0.191 e. The Hall–Kier alpha value is -0.450. The zero-order chi connectivity index (χ0) is 17.9. The number of rotatable bonds is 10. The lowest BCUT2D eigenvalue weighted by Gasteiger charge is -2.11. The van der Waals surface area contributed by atoms with Crippen molar-refractivity contribution >= 4 is 41.3 Å². The molecule has 1 aliphatic heterocycles. The van der Waals surface area contributed by atoms with Gasteiger partial charge in [0.2, 0.25) is 0 Å². The number of hydrogen-bond acceptors (Lipinski definition) is 5. The first-order chi connectivity index (χ1) is 12.2. The highest BCUT2D eigenvalue weighted by Crippen LogP contribution is 2.17. The molecule has 6 nitrogen and oxygen atoms in total. The molecule has 0 saturated carbocycles. The average molecular weight is 496 g/mol. The summed E-state index contributed by atoms with van der Waals surface area (Å²) in [5.74, 6) is 1.46. The Kier molecular flexibility index (Phi) is 12.4. The Bertz CT molecular complexity index is 533. The molecule has 8 heteroatoms. The number of guanidine groups is 1. The van der Waals surface area contributed by atoms with Gasteiger partial charge in [0.05, 0.1) is 23.9 Å². The largest absolute Gasteiger partial charge is 0.381 e. The molecule has 0 bridgehead atoms. The fraction of sp³-hybridized carbons (Fsp3) is 0.778. The van der Waals surface area contributed by atoms with Crippen LogP contribution in [0.3, 0.4) is 0 Å². The second-order valence-electron chi connectivity index (χ2n) is 6.34. The molecule has 0 radical (unpaired) electrons. The molecule has 1 aliphatic rings. The molecule has 1 saturated heterocycles. The predicted molar refractivity (Wildman–Crippen MR) is 119 cm³/mol. The number of nitrogens with one attached hydrogen (secondary N) is 2. The van der Waals surface area contributed by atoms with Gasteiger partial charge < -0.3 is 20.1 Å². The molecule has 2 heterocycles. The van der Waals surface area contributed by atoms with E-state index in [-0.39, 0.29) is 24.0 Å². The van der Waals surface area contributed by atoms with Crippen molar-refractivity contribution in [1.29, 1.82) is 0 Å². The average Bonchev–Trinajstić information content (AvgIpc) is 3.20. The van der Waals surface area contributed by atoms with Crippen LogP contribution in [-0.4, -0.2) is 57.0 Å². The van der Waals surface area contributed by atoms with Gasteiger partial charge in [-0.2, -0.15) is 0 Å². The van der Waals surface area contributed by atoms with Gasteiger partial charge in [-0.1, -0.05) is 0 Å². The predicted octanol–water partition coefficient (Wildman–Crippen LogP) is 2.92. The van der Waals surface area contributed by atoms with Gasteiger partial charge in [-0.3, -0.25) is 4.99 Å². The minimum absolute atomic E-state index is 0. The van der Waals surface area contributed by atoms with Gasteiger partial charge >= 0.3 is 0 Å². The Morgan fingerprint density at radius 2 is 2.23 bits per heavy atom. The molecule has 1 aromatic heterocycles. The van der Waals surface area contributed by atoms with E-state index >= 15 is 0 Å². The third-order valence-corrected chi connectivity index (χ3v) is 5.22. The molecule has 0 aliphatic carbocycles. The van der Waals surface area contributed by atoms with E-state index in [1.807, 2.05) is 0 Å². The first-order valence-corrected chi connectivity index (χ1v) is 10.1. The van der Waals surface area contributed by atoms with E-state index in [0.717, 1.165) is 82.0 Å². The molecule has 0 spiro atoms. The van der Waals surface area contributed by atoms with Crippen molar-refractivity contribution in [1.82, 2.24) is 15.6 Å². The van der Waals surface area contributed by atoms with Crippen LogP contribution in [0.4, 0.5) is 0 Å². The summed E-state index contributed by atoms with van der Waals surface area (Å²) in [6.45, 7) is 12.0. The maximum atomic E-state index is 5.72. The van der Waals surface area contributed by atoms with E-state index < -0.39 is 0 Å². The lowest BCUT2D eigenvalue weighted by atomic mass is 10.1. The van der Waals surface area contributed by atoms with Gasteiger partial charge in [0.25, 0.3) is 0 Å². The first kappa shape index (κ1) is 23.6. The Morgan fingerprint density at radius 3 is 2.88 bits per heavy atom. The van der Waals surface area contributed by atoms with Crippen LogP contribution in [0.5, 0.6) is 0 Å². The van der Waals surface area contributed by atoms with E-state index in [9.17, 15) is 0 Å². The quantitative estimate of drug-likeness (QED) is 0.226. The van der Waals surface area contributed by atoms with Crippen molar-refractivity contribution in [2.24, 2.45) is 10.9 Å². The van der Waals surface area contributed by atoms with E-state index in [1.165, 1.54) is 4.88 Å². The maximum absolute atomic E-state index is 5.72. The zero-order valence-electron chi connectivity index (χ0n) is 16.2. The van der Waals surface area contributed by atoms with Crippen molar-refractivity contribution in [3.05, 3.63) is 15.6 Å². The topological polar surface area (TPSA) is 67.8 Å². The standard InChI is InChI=1S/C18H32N4O2S.HI/c1-4-19-18(21-9-6-17-14(2)22-15(3)25-17)20-8-5-10-23-12-16-7-11-24-13-16;/h16H,4-13H2,1-3H3,(H2,19,20,21);1H. The van der Waals surface area contributed by atoms with Gasteiger partial charge in [-0.15, -0.1) is 35.3 Å². The van der Waals surface area contributed by atoms with Gasteiger partial charge in [-0.25, -0.2) is 4.98 Å². The van der Waals surface area contributed by atoms with Crippen LogP contribution in [0.15, 0.2) is 4.99 Å². The van der Waals surface area contributed by atoms with E-state index in [1.54, 1.807) is 11.3 Å². The molecule has 26 heavy (non-hydrogen) atoms. The summed E-state index contributed by atoms with van der Waals surface area (Å²) in [6, 6.07) is 0. The lowest BCUT2D eigenvalue weighted by molar-refractivity contribution is 0.0893. The van der Waals surface area contributed by atoms with Gasteiger partial charge in [-0.05, 0) is 33.6 Å². The summed E-state index contributed by atoms with van der Waals surface area (Å²) >= 11 is 1.78. The SMILES string of the molecule is CCNC(=NCCCOCC1CCOC1)NCCc1sc(C)nc1C.I. The minimum atomic E-state index is 0. The second-order valence-corrected chi connectivity index (χ2v) is 7.62. The first-order valence-electron chi connectivity index (χ1n) is 9.29. The Labute approximate surface area is 178 Å². The third-order valence-electron chi connectivity index (χ3n) is 4.08. The number of nitrogens with zero attached hydrogens (tertiary/aromatic N) is 2. The smallest absolute Gasteiger partial charge is 0.191 e. The van der Waals surface area contributed by atoms with Gasteiger partial charge in [0.1, 0.15) is 0 Å². The minimum Gasteiger partial charge on any atom is -0.381 e. The Balaban J connectivity index is 0.00000338. The molecular formula is C18H33IN4O2S. The summed E-state index contributed by atoms with van der Waals surface area (Å²) in [4.78, 5) is 10.4. The van der Waals surface area contributed by atoms with Crippen molar-refractivity contribution < 1.29 is 9.47 Å². The van der Waals surface area contributed by atoms with Crippen molar-refractivity contribution in [2.45, 2.75) is 40.0 Å². The number of thiazole rings is 1. The highest BCUT2D eigenvalue weighted by atomic mass is 127. The molecule has 1 aromatic rings. The van der Waals surface area contributed by atoms with Crippen LogP contribution in [0.25, 0.3) is 0 Å². The van der Waals surface area contributed by atoms with Crippen molar-refractivity contribution in [2.75, 3.05) is 46.1 Å². The fourth-order valence-corrected chi connectivity index (χ4v) is 3.70. The molecule has 150 valence electrons. The summed E-state index contributed by atoms with van der Waals surface area (Å²) in [5.41, 5.74) is 1.15. The molecule has 1 fully saturated rings. The zero-order valence-corrected chi connectivity index (χ0v) is 19.3. The number of aromatic nitrogens is 1. The molecule has 1 unspecified atom stereocenters. The van der Waals surface area contributed by atoms with E-state index in [4.69, 9.17) is 9.47 Å². The van der Waals surface area contributed by atoms with Crippen molar-refractivity contribution in [3.63, 3.8) is 0 Å². The van der Waals surface area contributed by atoms with Crippen LogP contribution in [0.1, 0.15) is 35.3 Å². The number of halogens is 1.